The van der Waals surface area contributed by atoms with Crippen molar-refractivity contribution in [1.29, 1.82) is 0 Å². The molecular weight excluding hydrogens is 373 g/mol. The Labute approximate surface area is 146 Å². The first-order chi connectivity index (χ1) is 10.8. The number of hydrogen-bond acceptors (Lipinski definition) is 5. The van der Waals surface area contributed by atoms with Gasteiger partial charge in [0, 0.05) is 0 Å². The molecule has 22 heavy (non-hydrogen) atoms. The average Bonchev–Trinajstić information content (AvgIpc) is 2.57. The SMILES string of the molecule is NCCS[As](SCCN)c1ccc(NC2CCCCC2)cc1. The van der Waals surface area contributed by atoms with Gasteiger partial charge in [0.05, 0.1) is 0 Å². The van der Waals surface area contributed by atoms with E-state index < -0.39 is 12.3 Å². The summed E-state index contributed by atoms with van der Waals surface area (Å²) in [5.41, 5.74) is 12.6. The molecule has 1 aromatic carbocycles. The van der Waals surface area contributed by atoms with Crippen LogP contribution in [0.2, 0.25) is 0 Å². The summed E-state index contributed by atoms with van der Waals surface area (Å²) in [7, 11) is 4.13. The minimum atomic E-state index is -1.12. The zero-order valence-electron chi connectivity index (χ0n) is 13.2. The van der Waals surface area contributed by atoms with E-state index in [4.69, 9.17) is 11.5 Å². The van der Waals surface area contributed by atoms with Crippen LogP contribution in [0, 0.1) is 0 Å². The van der Waals surface area contributed by atoms with Gasteiger partial charge >= 0.3 is 146 Å². The summed E-state index contributed by atoms with van der Waals surface area (Å²) >= 11 is -1.12. The number of rotatable bonds is 9. The zero-order chi connectivity index (χ0) is 15.6. The molecule has 2 rings (SSSR count). The number of hydrogen-bond donors (Lipinski definition) is 3. The van der Waals surface area contributed by atoms with Gasteiger partial charge in [-0.1, -0.05) is 0 Å². The van der Waals surface area contributed by atoms with Crippen LogP contribution in [0.5, 0.6) is 0 Å². The molecular formula is C16H28AsN3S2. The predicted octanol–water partition coefficient (Wildman–Crippen LogP) is 2.51. The van der Waals surface area contributed by atoms with Gasteiger partial charge in [0.2, 0.25) is 0 Å². The van der Waals surface area contributed by atoms with Crippen LogP contribution < -0.4 is 21.1 Å². The molecule has 0 spiro atoms. The van der Waals surface area contributed by atoms with Crippen molar-refractivity contribution in [3.05, 3.63) is 24.3 Å². The monoisotopic (exact) mass is 401 g/mol. The molecule has 0 heterocycles. The van der Waals surface area contributed by atoms with Crippen LogP contribution in [0.4, 0.5) is 5.69 Å². The summed E-state index contributed by atoms with van der Waals surface area (Å²) in [5, 5.41) is 3.70. The molecule has 0 aliphatic heterocycles. The van der Waals surface area contributed by atoms with E-state index in [2.05, 4.69) is 49.6 Å². The third-order valence-electron chi connectivity index (χ3n) is 3.71. The van der Waals surface area contributed by atoms with E-state index in [-0.39, 0.29) is 0 Å². The average molecular weight is 401 g/mol. The zero-order valence-corrected chi connectivity index (χ0v) is 16.7. The fraction of sp³-hybridized carbons (Fsp3) is 0.625. The van der Waals surface area contributed by atoms with Crippen LogP contribution in [0.3, 0.4) is 0 Å². The van der Waals surface area contributed by atoms with E-state index in [0.29, 0.717) is 6.04 Å². The Bertz CT molecular complexity index is 402. The third kappa shape index (κ3) is 6.37. The van der Waals surface area contributed by atoms with Crippen molar-refractivity contribution in [2.75, 3.05) is 29.9 Å². The summed E-state index contributed by atoms with van der Waals surface area (Å²) < 4.78 is 1.51. The molecule has 0 unspecified atom stereocenters. The molecule has 1 aliphatic carbocycles. The first-order valence-electron chi connectivity index (χ1n) is 8.16. The Morgan fingerprint density at radius 3 is 2.09 bits per heavy atom. The summed E-state index contributed by atoms with van der Waals surface area (Å²) in [6.07, 6.45) is 6.78. The first-order valence-corrected chi connectivity index (χ1v) is 15.6. The Kier molecular flexibility index (Phi) is 9.16. The molecule has 1 saturated carbocycles. The van der Waals surface area contributed by atoms with E-state index in [1.807, 2.05) is 0 Å². The molecule has 6 heteroatoms. The van der Waals surface area contributed by atoms with Gasteiger partial charge in [-0.3, -0.25) is 0 Å². The van der Waals surface area contributed by atoms with Crippen LogP contribution in [0.1, 0.15) is 32.1 Å². The number of nitrogens with one attached hydrogen (secondary N) is 1. The van der Waals surface area contributed by atoms with Crippen molar-refractivity contribution in [3.8, 4) is 0 Å². The van der Waals surface area contributed by atoms with Crippen molar-refractivity contribution < 1.29 is 0 Å². The predicted molar refractivity (Wildman–Crippen MR) is 105 cm³/mol. The second kappa shape index (κ2) is 10.9. The van der Waals surface area contributed by atoms with Crippen molar-refractivity contribution >= 4 is 42.4 Å². The van der Waals surface area contributed by atoms with Crippen molar-refractivity contribution in [1.82, 2.24) is 0 Å². The normalized spacial score (nSPS) is 16.1. The van der Waals surface area contributed by atoms with E-state index in [0.717, 1.165) is 24.6 Å². The summed E-state index contributed by atoms with van der Waals surface area (Å²) in [6, 6.07) is 9.83. The molecule has 0 atom stereocenters. The fourth-order valence-corrected chi connectivity index (χ4v) is 14.9. The van der Waals surface area contributed by atoms with E-state index in [1.54, 1.807) is 0 Å². The fourth-order valence-electron chi connectivity index (χ4n) is 2.62. The quantitative estimate of drug-likeness (QED) is 0.555. The van der Waals surface area contributed by atoms with Gasteiger partial charge in [-0.15, -0.1) is 0 Å². The van der Waals surface area contributed by atoms with Gasteiger partial charge in [0.1, 0.15) is 0 Å². The molecule has 0 bridgehead atoms. The molecule has 0 radical (unpaired) electrons. The number of nitrogens with two attached hydrogens (primary N) is 2. The van der Waals surface area contributed by atoms with Crippen LogP contribution in [-0.2, 0) is 0 Å². The molecule has 0 amide bonds. The molecule has 0 saturated heterocycles. The van der Waals surface area contributed by atoms with E-state index >= 15 is 0 Å². The van der Waals surface area contributed by atoms with Crippen LogP contribution >= 0.6 is 20.0 Å². The first kappa shape index (κ1) is 18.5. The summed E-state index contributed by atoms with van der Waals surface area (Å²) in [4.78, 5) is 0. The van der Waals surface area contributed by atoms with Crippen LogP contribution in [-0.4, -0.2) is 43.0 Å². The van der Waals surface area contributed by atoms with Gasteiger partial charge in [0.25, 0.3) is 0 Å². The van der Waals surface area contributed by atoms with Crippen molar-refractivity contribution in [2.45, 2.75) is 38.1 Å². The molecule has 3 nitrogen and oxygen atoms in total. The Hall–Kier alpha value is 0.198. The molecule has 5 N–H and O–H groups in total. The van der Waals surface area contributed by atoms with Gasteiger partial charge in [-0.25, -0.2) is 0 Å². The molecule has 1 fully saturated rings. The number of benzene rings is 1. The van der Waals surface area contributed by atoms with E-state index in [1.165, 1.54) is 42.1 Å². The van der Waals surface area contributed by atoms with Gasteiger partial charge in [0.15, 0.2) is 0 Å². The standard InChI is InChI=1S/C16H28AsN3S2/c18-10-12-21-17(22-13-11-19)14-6-8-16(9-7-14)20-15-4-2-1-3-5-15/h6-9,15,20H,1-5,10-13,18-19H2. The minimum absolute atomic E-state index is 0.673. The summed E-state index contributed by atoms with van der Waals surface area (Å²) in [5.74, 6) is 2.11. The van der Waals surface area contributed by atoms with Crippen LogP contribution in [0.25, 0.3) is 0 Å². The van der Waals surface area contributed by atoms with Crippen LogP contribution in [0.15, 0.2) is 24.3 Å². The Morgan fingerprint density at radius 1 is 0.955 bits per heavy atom. The maximum atomic E-state index is 5.67. The molecule has 124 valence electrons. The van der Waals surface area contributed by atoms with Gasteiger partial charge < -0.3 is 0 Å². The summed E-state index contributed by atoms with van der Waals surface area (Å²) in [6.45, 7) is 1.53. The van der Waals surface area contributed by atoms with Gasteiger partial charge in [-0.2, -0.15) is 0 Å². The third-order valence-corrected chi connectivity index (χ3v) is 17.3. The second-order valence-corrected chi connectivity index (χ2v) is 17.3. The van der Waals surface area contributed by atoms with Crippen molar-refractivity contribution in [3.63, 3.8) is 0 Å². The van der Waals surface area contributed by atoms with E-state index in [9.17, 15) is 0 Å². The second-order valence-electron chi connectivity index (χ2n) is 5.53. The molecule has 1 aliphatic rings. The topological polar surface area (TPSA) is 64.1 Å². The molecule has 0 aromatic heterocycles. The Balaban J connectivity index is 1.92. The Morgan fingerprint density at radius 2 is 1.55 bits per heavy atom. The maximum absolute atomic E-state index is 5.67. The molecule has 1 aromatic rings. The van der Waals surface area contributed by atoms with Gasteiger partial charge in [-0.05, 0) is 0 Å². The number of anilines is 1. The van der Waals surface area contributed by atoms with Crippen molar-refractivity contribution in [2.24, 2.45) is 11.5 Å².